The molecule has 0 aromatic rings. The second kappa shape index (κ2) is 7.61. The highest BCUT2D eigenvalue weighted by atomic mass is 19.1. The van der Waals surface area contributed by atoms with E-state index in [0.717, 1.165) is 0 Å². The molecule has 2 heterocycles. The van der Waals surface area contributed by atoms with Gasteiger partial charge in [-0.1, -0.05) is 0 Å². The monoisotopic (exact) mass is 344 g/mol. The molecular weight excluding hydrogens is 323 g/mol. The Labute approximate surface area is 130 Å². The van der Waals surface area contributed by atoms with Crippen LogP contribution in [0, 0.1) is 0 Å². The molecule has 0 aliphatic carbocycles. The molecule has 2 rings (SSSR count). The van der Waals surface area contributed by atoms with Gasteiger partial charge in [-0.05, 0) is 0 Å². The average molecular weight is 344 g/mol. The van der Waals surface area contributed by atoms with Gasteiger partial charge in [0, 0.05) is 0 Å². The predicted molar refractivity (Wildman–Crippen MR) is 67.5 cm³/mol. The fourth-order valence-electron chi connectivity index (χ4n) is 2.54. The van der Waals surface area contributed by atoms with Crippen molar-refractivity contribution in [1.29, 1.82) is 0 Å². The number of ether oxygens (including phenoxy) is 3. The van der Waals surface area contributed by atoms with Gasteiger partial charge in [0.15, 0.2) is 6.29 Å². The first-order chi connectivity index (χ1) is 10.8. The summed E-state index contributed by atoms with van der Waals surface area (Å²) in [4.78, 5) is 0. The Morgan fingerprint density at radius 1 is 0.739 bits per heavy atom. The zero-order valence-corrected chi connectivity index (χ0v) is 11.9. The Morgan fingerprint density at radius 2 is 1.30 bits per heavy atom. The molecule has 10 atom stereocenters. The van der Waals surface area contributed by atoms with Crippen molar-refractivity contribution in [2.45, 2.75) is 61.5 Å². The van der Waals surface area contributed by atoms with Crippen LogP contribution in [0.1, 0.15) is 0 Å². The zero-order valence-electron chi connectivity index (χ0n) is 11.9. The second-order valence-electron chi connectivity index (χ2n) is 5.49. The molecule has 0 bridgehead atoms. The van der Waals surface area contributed by atoms with Crippen LogP contribution in [0.3, 0.4) is 0 Å². The Kier molecular flexibility index (Phi) is 6.24. The second-order valence-corrected chi connectivity index (χ2v) is 5.49. The van der Waals surface area contributed by atoms with Crippen LogP contribution in [0.25, 0.3) is 0 Å². The highest BCUT2D eigenvalue weighted by molar-refractivity contribution is 4.93. The smallest absolute Gasteiger partial charge is 0.228 e. The molecule has 0 unspecified atom stereocenters. The highest BCUT2D eigenvalue weighted by Gasteiger charge is 2.50. The molecule has 0 amide bonds. The van der Waals surface area contributed by atoms with E-state index in [4.69, 9.17) is 19.7 Å². The summed E-state index contributed by atoms with van der Waals surface area (Å²) < 4.78 is 28.3. The largest absolute Gasteiger partial charge is 0.394 e. The van der Waals surface area contributed by atoms with Crippen molar-refractivity contribution < 1.29 is 54.3 Å². The third-order valence-electron chi connectivity index (χ3n) is 3.95. The molecule has 0 aromatic heterocycles. The molecule has 2 aliphatic heterocycles. The van der Waals surface area contributed by atoms with E-state index in [-0.39, 0.29) is 0 Å². The first kappa shape index (κ1) is 18.9. The Bertz CT molecular complexity index is 385. The normalized spacial score (nSPS) is 51.7. The number of hydrogen-bond donors (Lipinski definition) is 7. The van der Waals surface area contributed by atoms with Crippen LogP contribution >= 0.6 is 0 Å². The summed E-state index contributed by atoms with van der Waals surface area (Å²) in [6, 6.07) is 0. The zero-order chi connectivity index (χ0) is 17.3. The van der Waals surface area contributed by atoms with E-state index in [9.17, 15) is 29.9 Å². The lowest BCUT2D eigenvalue weighted by molar-refractivity contribution is -0.349. The molecule has 11 heteroatoms. The van der Waals surface area contributed by atoms with Gasteiger partial charge in [0.05, 0.1) is 13.2 Å². The Balaban J connectivity index is 2.11. The van der Waals surface area contributed by atoms with Crippen molar-refractivity contribution in [1.82, 2.24) is 0 Å². The minimum absolute atomic E-state index is 0.700. The lowest BCUT2D eigenvalue weighted by Crippen LogP contribution is -2.64. The summed E-state index contributed by atoms with van der Waals surface area (Å²) in [5, 5.41) is 66.9. The summed E-state index contributed by atoms with van der Waals surface area (Å²) in [6.45, 7) is -1.45. The summed E-state index contributed by atoms with van der Waals surface area (Å²) in [7, 11) is 0. The molecule has 0 radical (unpaired) electrons. The van der Waals surface area contributed by atoms with E-state index in [2.05, 4.69) is 4.74 Å². The van der Waals surface area contributed by atoms with E-state index in [1.807, 2.05) is 0 Å². The van der Waals surface area contributed by atoms with E-state index >= 15 is 0 Å². The summed E-state index contributed by atoms with van der Waals surface area (Å²) >= 11 is 0. The van der Waals surface area contributed by atoms with Gasteiger partial charge < -0.3 is 50.0 Å². The van der Waals surface area contributed by atoms with Crippen LogP contribution in [0.4, 0.5) is 4.39 Å². The van der Waals surface area contributed by atoms with E-state index in [1.54, 1.807) is 0 Å². The molecule has 7 N–H and O–H groups in total. The average Bonchev–Trinajstić information content (AvgIpc) is 2.54. The molecule has 2 fully saturated rings. The van der Waals surface area contributed by atoms with Crippen molar-refractivity contribution in [3.05, 3.63) is 0 Å². The standard InChI is InChI=1S/C12H21FO10/c13-11-9(20)10(6(17)4(2-15)21-11)23-12-8(19)7(18)5(16)3(1-14)22-12/h3-12,14-20H,1-2H2/t3-,4-,5-,6-,7+,8-,9-,10+,11-,12+/m1/s1. The number of aliphatic hydroxyl groups is 7. The van der Waals surface area contributed by atoms with Gasteiger partial charge in [0.2, 0.25) is 6.36 Å². The third-order valence-corrected chi connectivity index (χ3v) is 3.95. The maximum atomic E-state index is 13.6. The summed E-state index contributed by atoms with van der Waals surface area (Å²) in [5.74, 6) is 0. The van der Waals surface area contributed by atoms with Gasteiger partial charge in [-0.25, -0.2) is 4.39 Å². The topological polar surface area (TPSA) is 169 Å². The van der Waals surface area contributed by atoms with Gasteiger partial charge in [0.25, 0.3) is 0 Å². The summed E-state index contributed by atoms with van der Waals surface area (Å²) in [5.41, 5.74) is 0. The van der Waals surface area contributed by atoms with E-state index < -0.39 is 74.7 Å². The molecule has 0 spiro atoms. The number of halogens is 1. The van der Waals surface area contributed by atoms with Crippen LogP contribution in [-0.4, -0.2) is 110 Å². The number of hydrogen-bond acceptors (Lipinski definition) is 10. The quantitative estimate of drug-likeness (QED) is 0.264. The van der Waals surface area contributed by atoms with Crippen molar-refractivity contribution in [2.75, 3.05) is 13.2 Å². The number of rotatable bonds is 4. The predicted octanol–water partition coefficient (Wildman–Crippen LogP) is -4.42. The molecule has 23 heavy (non-hydrogen) atoms. The molecule has 2 saturated heterocycles. The molecule has 2 aliphatic rings. The van der Waals surface area contributed by atoms with Gasteiger partial charge in [-0.15, -0.1) is 0 Å². The molecule has 10 nitrogen and oxygen atoms in total. The maximum Gasteiger partial charge on any atom is 0.228 e. The van der Waals surface area contributed by atoms with Gasteiger partial charge in [-0.2, -0.15) is 0 Å². The number of aliphatic hydroxyl groups excluding tert-OH is 7. The Hall–Kier alpha value is -0.470. The van der Waals surface area contributed by atoms with Crippen LogP contribution in [-0.2, 0) is 14.2 Å². The van der Waals surface area contributed by atoms with Crippen LogP contribution < -0.4 is 0 Å². The van der Waals surface area contributed by atoms with Crippen LogP contribution in [0.5, 0.6) is 0 Å². The fraction of sp³-hybridized carbons (Fsp3) is 1.00. The van der Waals surface area contributed by atoms with Gasteiger partial charge in [0.1, 0.15) is 48.8 Å². The van der Waals surface area contributed by atoms with Crippen molar-refractivity contribution in [3.63, 3.8) is 0 Å². The number of alkyl halides is 1. The fourth-order valence-corrected chi connectivity index (χ4v) is 2.54. The maximum absolute atomic E-state index is 13.6. The third kappa shape index (κ3) is 3.64. The van der Waals surface area contributed by atoms with Gasteiger partial charge in [-0.3, -0.25) is 0 Å². The van der Waals surface area contributed by atoms with Crippen molar-refractivity contribution in [3.8, 4) is 0 Å². The highest BCUT2D eigenvalue weighted by Crippen LogP contribution is 2.29. The lowest BCUT2D eigenvalue weighted by atomic mass is 9.97. The van der Waals surface area contributed by atoms with E-state index in [0.29, 0.717) is 0 Å². The molecule has 136 valence electrons. The van der Waals surface area contributed by atoms with E-state index in [1.165, 1.54) is 0 Å². The first-order valence-corrected chi connectivity index (χ1v) is 7.04. The molecule has 0 aromatic carbocycles. The van der Waals surface area contributed by atoms with Crippen molar-refractivity contribution >= 4 is 0 Å². The lowest BCUT2D eigenvalue weighted by Gasteiger charge is -2.44. The van der Waals surface area contributed by atoms with Crippen LogP contribution in [0.2, 0.25) is 0 Å². The first-order valence-electron chi connectivity index (χ1n) is 7.04. The SMILES string of the molecule is OC[C@H]1O[C@@H](O[C@@H]2[C@@H](O)[C@H](F)O[C@H](CO)[C@H]2O)[C@H](O)[C@@H](O)[C@@H]1O. The molecule has 0 saturated carbocycles. The van der Waals surface area contributed by atoms with Gasteiger partial charge >= 0.3 is 0 Å². The van der Waals surface area contributed by atoms with Crippen molar-refractivity contribution in [2.24, 2.45) is 0 Å². The minimum atomic E-state index is -2.26. The Morgan fingerprint density at radius 3 is 1.87 bits per heavy atom. The summed E-state index contributed by atoms with van der Waals surface area (Å²) in [6.07, 6.45) is -16.9. The van der Waals surface area contributed by atoms with Crippen LogP contribution in [0.15, 0.2) is 0 Å². The molecular formula is C12H21FO10. The minimum Gasteiger partial charge on any atom is -0.394 e.